The number of hydrogen-bond donors (Lipinski definition) is 2. The second-order valence-electron chi connectivity index (χ2n) is 3.92. The summed E-state index contributed by atoms with van der Waals surface area (Å²) < 4.78 is 5.42. The first-order chi connectivity index (χ1) is 7.72. The molecule has 0 bridgehead atoms. The molecule has 1 rings (SSSR count). The minimum absolute atomic E-state index is 0.123. The zero-order valence-electron chi connectivity index (χ0n) is 10.2. The highest BCUT2D eigenvalue weighted by Crippen LogP contribution is 2.25. The molecule has 16 heavy (non-hydrogen) atoms. The third-order valence-corrected chi connectivity index (χ3v) is 2.80. The van der Waals surface area contributed by atoms with Crippen LogP contribution in [0, 0.1) is 5.92 Å². The fourth-order valence-corrected chi connectivity index (χ4v) is 1.68. The largest absolute Gasteiger partial charge is 0.492 e. The van der Waals surface area contributed by atoms with Gasteiger partial charge in [0, 0.05) is 6.20 Å². The summed E-state index contributed by atoms with van der Waals surface area (Å²) in [6.45, 7) is 6.92. The average molecular weight is 223 g/mol. The van der Waals surface area contributed by atoms with Crippen molar-refractivity contribution < 1.29 is 4.74 Å². The van der Waals surface area contributed by atoms with Crippen molar-refractivity contribution in [3.8, 4) is 5.75 Å². The standard InChI is InChI=1S/C12H21N3O/c1-4-9(3)12(15-13)10-6-11(16-5-2)8-14-7-10/h6-9,12,15H,4-5,13H2,1-3H3. The van der Waals surface area contributed by atoms with Gasteiger partial charge in [-0.15, -0.1) is 0 Å². The molecule has 2 atom stereocenters. The van der Waals surface area contributed by atoms with Gasteiger partial charge in [0.15, 0.2) is 0 Å². The molecule has 0 amide bonds. The first kappa shape index (κ1) is 12.9. The van der Waals surface area contributed by atoms with Gasteiger partial charge in [-0.25, -0.2) is 0 Å². The van der Waals surface area contributed by atoms with Crippen LogP contribution in [0.2, 0.25) is 0 Å². The lowest BCUT2D eigenvalue weighted by molar-refractivity contribution is 0.335. The van der Waals surface area contributed by atoms with E-state index in [4.69, 9.17) is 10.6 Å². The van der Waals surface area contributed by atoms with Gasteiger partial charge >= 0.3 is 0 Å². The summed E-state index contributed by atoms with van der Waals surface area (Å²) in [7, 11) is 0. The Hall–Kier alpha value is -1.13. The van der Waals surface area contributed by atoms with E-state index in [1.807, 2.05) is 19.2 Å². The van der Waals surface area contributed by atoms with Gasteiger partial charge in [-0.1, -0.05) is 20.3 Å². The van der Waals surface area contributed by atoms with Crippen molar-refractivity contribution in [2.75, 3.05) is 6.61 Å². The molecule has 1 aromatic heterocycles. The van der Waals surface area contributed by atoms with E-state index in [0.717, 1.165) is 17.7 Å². The molecule has 1 heterocycles. The lowest BCUT2D eigenvalue weighted by Crippen LogP contribution is -2.32. The fraction of sp³-hybridized carbons (Fsp3) is 0.583. The fourth-order valence-electron chi connectivity index (χ4n) is 1.68. The first-order valence-corrected chi connectivity index (χ1v) is 5.76. The highest BCUT2D eigenvalue weighted by molar-refractivity contribution is 5.26. The van der Waals surface area contributed by atoms with E-state index in [0.29, 0.717) is 12.5 Å². The van der Waals surface area contributed by atoms with E-state index in [2.05, 4.69) is 24.3 Å². The molecular weight excluding hydrogens is 202 g/mol. The van der Waals surface area contributed by atoms with Crippen molar-refractivity contribution in [3.63, 3.8) is 0 Å². The maximum absolute atomic E-state index is 5.59. The van der Waals surface area contributed by atoms with Gasteiger partial charge in [-0.3, -0.25) is 16.3 Å². The van der Waals surface area contributed by atoms with E-state index in [1.165, 1.54) is 0 Å². The lowest BCUT2D eigenvalue weighted by Gasteiger charge is -2.22. The number of nitrogens with two attached hydrogens (primary N) is 1. The van der Waals surface area contributed by atoms with Crippen LogP contribution in [-0.4, -0.2) is 11.6 Å². The number of hydrogen-bond acceptors (Lipinski definition) is 4. The lowest BCUT2D eigenvalue weighted by atomic mass is 9.94. The monoisotopic (exact) mass is 223 g/mol. The second-order valence-corrected chi connectivity index (χ2v) is 3.92. The summed E-state index contributed by atoms with van der Waals surface area (Å²) in [6.07, 6.45) is 4.62. The molecule has 0 saturated heterocycles. The maximum Gasteiger partial charge on any atom is 0.137 e. The summed E-state index contributed by atoms with van der Waals surface area (Å²) in [5, 5.41) is 0. The second kappa shape index (κ2) is 6.45. The van der Waals surface area contributed by atoms with Crippen molar-refractivity contribution in [1.29, 1.82) is 0 Å². The molecule has 0 saturated carbocycles. The molecule has 0 aliphatic heterocycles. The number of nitrogens with zero attached hydrogens (tertiary/aromatic N) is 1. The number of hydrazine groups is 1. The van der Waals surface area contributed by atoms with Crippen LogP contribution < -0.4 is 16.0 Å². The molecule has 3 N–H and O–H groups in total. The molecular formula is C12H21N3O. The molecule has 0 aliphatic rings. The normalized spacial score (nSPS) is 14.5. The Kier molecular flexibility index (Phi) is 5.22. The molecule has 4 heteroatoms. The summed E-state index contributed by atoms with van der Waals surface area (Å²) in [5.74, 6) is 6.84. The summed E-state index contributed by atoms with van der Waals surface area (Å²) in [4.78, 5) is 4.17. The Morgan fingerprint density at radius 1 is 1.44 bits per heavy atom. The van der Waals surface area contributed by atoms with Crippen LogP contribution in [0.15, 0.2) is 18.5 Å². The van der Waals surface area contributed by atoms with E-state index in [1.54, 1.807) is 6.20 Å². The number of pyridine rings is 1. The van der Waals surface area contributed by atoms with Gasteiger partial charge < -0.3 is 4.74 Å². The van der Waals surface area contributed by atoms with Gasteiger partial charge in [-0.05, 0) is 24.5 Å². The molecule has 90 valence electrons. The minimum atomic E-state index is 0.123. The van der Waals surface area contributed by atoms with Crippen molar-refractivity contribution in [2.24, 2.45) is 11.8 Å². The third kappa shape index (κ3) is 3.18. The predicted molar refractivity (Wildman–Crippen MR) is 64.9 cm³/mol. The number of aromatic nitrogens is 1. The molecule has 0 radical (unpaired) electrons. The molecule has 1 aromatic rings. The summed E-state index contributed by atoms with van der Waals surface area (Å²) >= 11 is 0. The third-order valence-electron chi connectivity index (χ3n) is 2.80. The van der Waals surface area contributed by atoms with Crippen LogP contribution in [0.3, 0.4) is 0 Å². The molecule has 0 spiro atoms. The topological polar surface area (TPSA) is 60.2 Å². The Bertz CT molecular complexity index is 317. The molecule has 2 unspecified atom stereocenters. The van der Waals surface area contributed by atoms with E-state index >= 15 is 0 Å². The smallest absolute Gasteiger partial charge is 0.137 e. The highest BCUT2D eigenvalue weighted by atomic mass is 16.5. The van der Waals surface area contributed by atoms with Crippen LogP contribution in [0.5, 0.6) is 5.75 Å². The maximum atomic E-state index is 5.59. The molecule has 0 fully saturated rings. The number of ether oxygens (including phenoxy) is 1. The first-order valence-electron chi connectivity index (χ1n) is 5.76. The highest BCUT2D eigenvalue weighted by Gasteiger charge is 2.17. The Balaban J connectivity index is 2.87. The predicted octanol–water partition coefficient (Wildman–Crippen LogP) is 2.03. The molecule has 0 aliphatic carbocycles. The summed E-state index contributed by atoms with van der Waals surface area (Å²) in [5.41, 5.74) is 3.91. The van der Waals surface area contributed by atoms with E-state index in [9.17, 15) is 0 Å². The van der Waals surface area contributed by atoms with Crippen LogP contribution >= 0.6 is 0 Å². The quantitative estimate of drug-likeness (QED) is 0.572. The van der Waals surface area contributed by atoms with Gasteiger partial charge in [0.05, 0.1) is 18.8 Å². The van der Waals surface area contributed by atoms with Crippen molar-refractivity contribution in [1.82, 2.24) is 10.4 Å². The van der Waals surface area contributed by atoms with E-state index < -0.39 is 0 Å². The number of nitrogens with one attached hydrogen (secondary N) is 1. The zero-order valence-corrected chi connectivity index (χ0v) is 10.2. The molecule has 4 nitrogen and oxygen atoms in total. The number of rotatable bonds is 6. The Labute approximate surface area is 97.2 Å². The van der Waals surface area contributed by atoms with Crippen LogP contribution in [0.25, 0.3) is 0 Å². The van der Waals surface area contributed by atoms with Crippen LogP contribution in [0.1, 0.15) is 38.8 Å². The van der Waals surface area contributed by atoms with Gasteiger partial charge in [0.25, 0.3) is 0 Å². The van der Waals surface area contributed by atoms with Crippen LogP contribution in [-0.2, 0) is 0 Å². The minimum Gasteiger partial charge on any atom is -0.492 e. The van der Waals surface area contributed by atoms with Crippen molar-refractivity contribution in [3.05, 3.63) is 24.0 Å². The SMILES string of the molecule is CCOc1cncc(C(NN)C(C)CC)c1. The van der Waals surface area contributed by atoms with Crippen molar-refractivity contribution >= 4 is 0 Å². The van der Waals surface area contributed by atoms with Gasteiger partial charge in [-0.2, -0.15) is 0 Å². The summed E-state index contributed by atoms with van der Waals surface area (Å²) in [6, 6.07) is 2.12. The van der Waals surface area contributed by atoms with Crippen molar-refractivity contribution in [2.45, 2.75) is 33.2 Å². The van der Waals surface area contributed by atoms with Gasteiger partial charge in [0.2, 0.25) is 0 Å². The molecule has 0 aromatic carbocycles. The van der Waals surface area contributed by atoms with Gasteiger partial charge in [0.1, 0.15) is 5.75 Å². The van der Waals surface area contributed by atoms with E-state index in [-0.39, 0.29) is 6.04 Å². The average Bonchev–Trinajstić information content (AvgIpc) is 2.31. The Morgan fingerprint density at radius 3 is 2.75 bits per heavy atom. The Morgan fingerprint density at radius 2 is 2.19 bits per heavy atom. The zero-order chi connectivity index (χ0) is 12.0. The van der Waals surface area contributed by atoms with Crippen LogP contribution in [0.4, 0.5) is 0 Å².